The number of carbonyl (C=O) groups is 1. The lowest BCUT2D eigenvalue weighted by Gasteiger charge is -2.18. The molecule has 0 aliphatic carbocycles. The Balaban J connectivity index is 1.47. The number of amides is 1. The van der Waals surface area contributed by atoms with Gasteiger partial charge in [-0.25, -0.2) is 0 Å². The summed E-state index contributed by atoms with van der Waals surface area (Å²) in [4.78, 5) is 12.5. The summed E-state index contributed by atoms with van der Waals surface area (Å²) in [7, 11) is 0. The van der Waals surface area contributed by atoms with Crippen molar-refractivity contribution in [3.63, 3.8) is 0 Å². The molecular formula is C20H21NO5. The van der Waals surface area contributed by atoms with Crippen LogP contribution in [0.25, 0.3) is 0 Å². The van der Waals surface area contributed by atoms with Gasteiger partial charge in [0.25, 0.3) is 5.91 Å². The lowest BCUT2D eigenvalue weighted by atomic mass is 10.1. The molecule has 0 unspecified atom stereocenters. The summed E-state index contributed by atoms with van der Waals surface area (Å²) in [6.45, 7) is 4.73. The van der Waals surface area contributed by atoms with Crippen LogP contribution in [0.3, 0.4) is 0 Å². The number of hydrogen-bond donors (Lipinski definition) is 1. The molecule has 26 heavy (non-hydrogen) atoms. The van der Waals surface area contributed by atoms with Crippen molar-refractivity contribution in [2.45, 2.75) is 19.9 Å². The Morgan fingerprint density at radius 2 is 1.54 bits per heavy atom. The highest BCUT2D eigenvalue weighted by Gasteiger charge is 2.16. The number of benzene rings is 2. The first-order valence-corrected chi connectivity index (χ1v) is 8.78. The Morgan fingerprint density at radius 3 is 2.35 bits per heavy atom. The molecule has 0 radical (unpaired) electrons. The summed E-state index contributed by atoms with van der Waals surface area (Å²) in [5.74, 6) is 2.62. The zero-order chi connectivity index (χ0) is 17.9. The Labute approximate surface area is 152 Å². The molecule has 6 nitrogen and oxygen atoms in total. The van der Waals surface area contributed by atoms with Crippen LogP contribution in [0, 0.1) is 6.92 Å². The molecule has 0 aromatic heterocycles. The van der Waals surface area contributed by atoms with E-state index in [2.05, 4.69) is 5.32 Å². The minimum absolute atomic E-state index is 0.159. The van der Waals surface area contributed by atoms with Crippen LogP contribution in [0.4, 0.5) is 0 Å². The van der Waals surface area contributed by atoms with E-state index in [-0.39, 0.29) is 5.91 Å². The smallest absolute Gasteiger partial charge is 0.251 e. The highest BCUT2D eigenvalue weighted by atomic mass is 16.6. The molecule has 2 aliphatic heterocycles. The van der Waals surface area contributed by atoms with Crippen molar-refractivity contribution in [2.24, 2.45) is 0 Å². The number of carbonyl (C=O) groups excluding carboxylic acids is 1. The molecule has 2 aliphatic rings. The van der Waals surface area contributed by atoms with Gasteiger partial charge in [0.1, 0.15) is 13.2 Å². The molecule has 0 atom stereocenters. The third-order valence-electron chi connectivity index (χ3n) is 4.45. The monoisotopic (exact) mass is 355 g/mol. The van der Waals surface area contributed by atoms with Gasteiger partial charge in [-0.05, 0) is 48.4 Å². The van der Waals surface area contributed by atoms with Crippen LogP contribution in [0.5, 0.6) is 23.0 Å². The molecule has 0 bridgehead atoms. The third-order valence-corrected chi connectivity index (χ3v) is 4.45. The van der Waals surface area contributed by atoms with Gasteiger partial charge in [0.05, 0.1) is 13.2 Å². The molecule has 0 saturated carbocycles. The Morgan fingerprint density at radius 1 is 0.885 bits per heavy atom. The minimum atomic E-state index is -0.159. The fourth-order valence-corrected chi connectivity index (χ4v) is 3.01. The number of aryl methyl sites for hydroxylation is 1. The van der Waals surface area contributed by atoms with Crippen LogP contribution in [-0.4, -0.2) is 32.3 Å². The summed E-state index contributed by atoms with van der Waals surface area (Å²) in [5, 5.41) is 2.95. The fourth-order valence-electron chi connectivity index (χ4n) is 3.01. The maximum atomic E-state index is 12.5. The predicted octanol–water partition coefficient (Wildman–Crippen LogP) is 2.86. The van der Waals surface area contributed by atoms with Crippen molar-refractivity contribution in [1.82, 2.24) is 5.32 Å². The van der Waals surface area contributed by atoms with Gasteiger partial charge in [0.15, 0.2) is 23.0 Å². The van der Waals surface area contributed by atoms with E-state index in [0.29, 0.717) is 50.0 Å². The van der Waals surface area contributed by atoms with E-state index in [1.165, 1.54) is 0 Å². The van der Waals surface area contributed by atoms with Gasteiger partial charge in [0.2, 0.25) is 0 Å². The number of rotatable bonds is 3. The van der Waals surface area contributed by atoms with Crippen molar-refractivity contribution in [2.75, 3.05) is 26.4 Å². The van der Waals surface area contributed by atoms with Gasteiger partial charge >= 0.3 is 0 Å². The molecule has 1 amide bonds. The number of hydrogen-bond acceptors (Lipinski definition) is 5. The van der Waals surface area contributed by atoms with E-state index >= 15 is 0 Å². The van der Waals surface area contributed by atoms with Crippen LogP contribution in [0.2, 0.25) is 0 Å². The molecule has 4 rings (SSSR count). The first-order chi connectivity index (χ1) is 12.7. The van der Waals surface area contributed by atoms with Gasteiger partial charge in [0, 0.05) is 18.5 Å². The second-order valence-electron chi connectivity index (χ2n) is 6.32. The molecule has 0 fully saturated rings. The predicted molar refractivity (Wildman–Crippen MR) is 95.4 cm³/mol. The minimum Gasteiger partial charge on any atom is -0.490 e. The molecule has 2 heterocycles. The lowest BCUT2D eigenvalue weighted by molar-refractivity contribution is 0.0949. The van der Waals surface area contributed by atoms with Crippen LogP contribution in [0.1, 0.15) is 27.9 Å². The first kappa shape index (κ1) is 16.6. The fraction of sp³-hybridized carbons (Fsp3) is 0.350. The van der Waals surface area contributed by atoms with Crippen LogP contribution in [-0.2, 0) is 6.54 Å². The normalized spacial score (nSPS) is 15.1. The van der Waals surface area contributed by atoms with Crippen molar-refractivity contribution < 1.29 is 23.7 Å². The van der Waals surface area contributed by atoms with E-state index in [4.69, 9.17) is 18.9 Å². The molecule has 1 N–H and O–H groups in total. The number of ether oxygens (including phenoxy) is 4. The highest BCUT2D eigenvalue weighted by molar-refractivity contribution is 5.94. The van der Waals surface area contributed by atoms with E-state index in [1.54, 1.807) is 18.2 Å². The molecular weight excluding hydrogens is 334 g/mol. The maximum absolute atomic E-state index is 12.5. The topological polar surface area (TPSA) is 66.0 Å². The summed E-state index contributed by atoms with van der Waals surface area (Å²) >= 11 is 0. The standard InChI is InChI=1S/C20H21NO5/c1-13-9-17-19(24-6-2-5-23-17)11-15(13)12-21-20(22)14-3-4-16-18(10-14)26-8-7-25-16/h3-4,9-11H,2,5-8,12H2,1H3,(H,21,22). The summed E-state index contributed by atoms with van der Waals surface area (Å²) in [6, 6.07) is 9.13. The molecule has 0 saturated heterocycles. The van der Waals surface area contributed by atoms with Gasteiger partial charge in [-0.3, -0.25) is 4.79 Å². The molecule has 2 aromatic carbocycles. The Hall–Kier alpha value is -2.89. The van der Waals surface area contributed by atoms with Crippen LogP contribution < -0.4 is 24.3 Å². The average molecular weight is 355 g/mol. The molecule has 2 aromatic rings. The first-order valence-electron chi connectivity index (χ1n) is 8.78. The van der Waals surface area contributed by atoms with Crippen molar-refractivity contribution in [3.8, 4) is 23.0 Å². The zero-order valence-corrected chi connectivity index (χ0v) is 14.7. The van der Waals surface area contributed by atoms with Crippen LogP contribution >= 0.6 is 0 Å². The van der Waals surface area contributed by atoms with Gasteiger partial charge in [-0.1, -0.05) is 0 Å². The van der Waals surface area contributed by atoms with Gasteiger partial charge < -0.3 is 24.3 Å². The second-order valence-corrected chi connectivity index (χ2v) is 6.32. The zero-order valence-electron chi connectivity index (χ0n) is 14.7. The third kappa shape index (κ3) is 3.40. The summed E-state index contributed by atoms with van der Waals surface area (Å²) < 4.78 is 22.4. The number of nitrogens with one attached hydrogen (secondary N) is 1. The van der Waals surface area contributed by atoms with E-state index in [1.807, 2.05) is 19.1 Å². The summed E-state index contributed by atoms with van der Waals surface area (Å²) in [5.41, 5.74) is 2.60. The highest BCUT2D eigenvalue weighted by Crippen LogP contribution is 2.33. The molecule has 6 heteroatoms. The van der Waals surface area contributed by atoms with E-state index in [0.717, 1.165) is 29.0 Å². The Bertz CT molecular complexity index is 833. The summed E-state index contributed by atoms with van der Waals surface area (Å²) in [6.07, 6.45) is 0.865. The van der Waals surface area contributed by atoms with E-state index < -0.39 is 0 Å². The van der Waals surface area contributed by atoms with Gasteiger partial charge in [-0.15, -0.1) is 0 Å². The van der Waals surface area contributed by atoms with Crippen molar-refractivity contribution >= 4 is 5.91 Å². The SMILES string of the molecule is Cc1cc2c(cc1CNC(=O)c1ccc3c(c1)OCCO3)OCCCO2. The van der Waals surface area contributed by atoms with Gasteiger partial charge in [-0.2, -0.15) is 0 Å². The van der Waals surface area contributed by atoms with Crippen molar-refractivity contribution in [1.29, 1.82) is 0 Å². The number of fused-ring (bicyclic) bond motifs is 2. The Kier molecular flexibility index (Phi) is 4.56. The largest absolute Gasteiger partial charge is 0.490 e. The molecule has 0 spiro atoms. The molecule has 136 valence electrons. The van der Waals surface area contributed by atoms with E-state index in [9.17, 15) is 4.79 Å². The van der Waals surface area contributed by atoms with Crippen LogP contribution in [0.15, 0.2) is 30.3 Å². The maximum Gasteiger partial charge on any atom is 0.251 e. The van der Waals surface area contributed by atoms with Crippen molar-refractivity contribution in [3.05, 3.63) is 47.0 Å². The quantitative estimate of drug-likeness (QED) is 0.917. The average Bonchev–Trinajstić information content (AvgIpc) is 2.90. The second kappa shape index (κ2) is 7.15. The lowest BCUT2D eigenvalue weighted by Crippen LogP contribution is -2.24.